The highest BCUT2D eigenvalue weighted by atomic mass is 32.2. The largest absolute Gasteiger partial charge is 0.515 e. The Morgan fingerprint density at radius 3 is 1.78 bits per heavy atom. The van der Waals surface area contributed by atoms with Gasteiger partial charge in [-0.2, -0.15) is 0 Å². The second-order valence-electron chi connectivity index (χ2n) is 7.98. The Morgan fingerprint density at radius 1 is 0.703 bits per heavy atom. The van der Waals surface area contributed by atoms with Crippen molar-refractivity contribution in [3.63, 3.8) is 0 Å². The third kappa shape index (κ3) is 6.98. The van der Waals surface area contributed by atoms with Gasteiger partial charge in [0.1, 0.15) is 23.6 Å². The van der Waals surface area contributed by atoms with Crippen LogP contribution in [0.25, 0.3) is 10.8 Å². The molecule has 1 unspecified atom stereocenters. The molecule has 4 rings (SSSR count). The van der Waals surface area contributed by atoms with Crippen molar-refractivity contribution in [2.45, 2.75) is 5.75 Å². The first-order valence-electron chi connectivity index (χ1n) is 10.5. The van der Waals surface area contributed by atoms with Crippen molar-refractivity contribution in [2.75, 3.05) is 6.26 Å². The zero-order valence-corrected chi connectivity index (χ0v) is 19.9. The van der Waals surface area contributed by atoms with Crippen LogP contribution in [0.3, 0.4) is 0 Å². The van der Waals surface area contributed by atoms with Crippen LogP contribution in [0.4, 0.5) is 34.9 Å². The first kappa shape index (κ1) is 27.9. The van der Waals surface area contributed by atoms with Gasteiger partial charge < -0.3 is 12.9 Å². The van der Waals surface area contributed by atoms with Gasteiger partial charge in [-0.1, -0.05) is 58.8 Å². The maximum Gasteiger partial charge on any atom is 0.515 e. The van der Waals surface area contributed by atoms with E-state index >= 15 is 0 Å². The fourth-order valence-corrected chi connectivity index (χ4v) is 4.50. The summed E-state index contributed by atoms with van der Waals surface area (Å²) >= 11 is 0. The Hall–Kier alpha value is -3.65. The van der Waals surface area contributed by atoms with Crippen LogP contribution in [0.5, 0.6) is 0 Å². The first-order valence-corrected chi connectivity index (χ1v) is 12.7. The molecule has 0 saturated carbocycles. The SMILES string of the molecule is C[S+](=O)(C#Cc1ccccc1)Cc1ccc2ccccc2c1.Fc1c(F)c(F)c([B-](F)(F)F)c(F)c1F. The van der Waals surface area contributed by atoms with Gasteiger partial charge >= 0.3 is 6.98 Å². The van der Waals surface area contributed by atoms with Crippen molar-refractivity contribution in [3.8, 4) is 11.2 Å². The van der Waals surface area contributed by atoms with E-state index in [-0.39, 0.29) is 0 Å². The number of fused-ring (bicyclic) bond motifs is 1. The van der Waals surface area contributed by atoms with Crippen LogP contribution >= 0.6 is 0 Å². The lowest BCUT2D eigenvalue weighted by Crippen LogP contribution is -2.41. The maximum absolute atomic E-state index is 12.7. The van der Waals surface area contributed by atoms with Gasteiger partial charge in [-0.3, -0.25) is 0 Å². The van der Waals surface area contributed by atoms with E-state index in [4.69, 9.17) is 0 Å². The van der Waals surface area contributed by atoms with Gasteiger partial charge in [-0.05, 0) is 40.4 Å². The third-order valence-corrected chi connectivity index (χ3v) is 6.43. The Balaban J connectivity index is 0.000000222. The summed E-state index contributed by atoms with van der Waals surface area (Å²) in [5.74, 6) is -10.1. The predicted octanol–water partition coefficient (Wildman–Crippen LogP) is 6.91. The van der Waals surface area contributed by atoms with Crippen molar-refractivity contribution in [1.29, 1.82) is 0 Å². The van der Waals surface area contributed by atoms with E-state index in [9.17, 15) is 39.1 Å². The number of hydrogen-bond acceptors (Lipinski definition) is 1. The molecule has 0 aliphatic rings. The molecule has 4 aromatic rings. The molecule has 0 spiro atoms. The first-order chi connectivity index (χ1) is 17.3. The van der Waals surface area contributed by atoms with E-state index in [1.807, 2.05) is 48.5 Å². The highest BCUT2D eigenvalue weighted by Crippen LogP contribution is 2.22. The molecule has 0 bridgehead atoms. The van der Waals surface area contributed by atoms with E-state index < -0.39 is 51.5 Å². The smallest absolute Gasteiger partial charge is 0.445 e. The van der Waals surface area contributed by atoms with Crippen LogP contribution < -0.4 is 5.46 Å². The monoisotopic (exact) mass is 540 g/mol. The number of benzene rings is 4. The van der Waals surface area contributed by atoms with Crippen LogP contribution in [0.2, 0.25) is 0 Å². The second kappa shape index (κ2) is 11.2. The minimum Gasteiger partial charge on any atom is -0.445 e. The molecule has 37 heavy (non-hydrogen) atoms. The average molecular weight is 540 g/mol. The van der Waals surface area contributed by atoms with Crippen molar-refractivity contribution >= 4 is 33.1 Å². The number of hydrogen-bond donors (Lipinski definition) is 0. The molecule has 0 heterocycles. The van der Waals surface area contributed by atoms with Gasteiger partial charge in [-0.25, -0.2) is 22.0 Å². The molecule has 0 aromatic heterocycles. The summed E-state index contributed by atoms with van der Waals surface area (Å²) in [5, 5.41) is 5.32. The average Bonchev–Trinajstić information content (AvgIpc) is 2.85. The van der Waals surface area contributed by atoms with E-state index in [1.54, 1.807) is 6.26 Å². The molecular weight excluding hydrogens is 523 g/mol. The molecule has 0 aliphatic heterocycles. The van der Waals surface area contributed by atoms with Crippen LogP contribution in [-0.2, 0) is 19.9 Å². The lowest BCUT2D eigenvalue weighted by Gasteiger charge is -2.17. The van der Waals surface area contributed by atoms with Gasteiger partial charge in [0.15, 0.2) is 32.6 Å². The minimum absolute atomic E-state index is 0.484. The predicted molar refractivity (Wildman–Crippen MR) is 130 cm³/mol. The maximum atomic E-state index is 12.7. The number of rotatable bonds is 3. The molecule has 4 aromatic carbocycles. The summed E-state index contributed by atoms with van der Waals surface area (Å²) in [4.78, 5) is 0. The molecule has 1 nitrogen and oxygen atoms in total. The third-order valence-electron chi connectivity index (χ3n) is 5.01. The molecule has 0 aliphatic carbocycles. The van der Waals surface area contributed by atoms with Crippen molar-refractivity contribution in [2.24, 2.45) is 0 Å². The quantitative estimate of drug-likeness (QED) is 0.0690. The molecule has 0 radical (unpaired) electrons. The summed E-state index contributed by atoms with van der Waals surface area (Å²) < 4.78 is 110. The fraction of sp³-hybridized carbons (Fsp3) is 0.0769. The lowest BCUT2D eigenvalue weighted by atomic mass is 9.79. The van der Waals surface area contributed by atoms with Crippen LogP contribution in [0, 0.1) is 40.3 Å². The molecule has 1 atom stereocenters. The zero-order chi connectivity index (χ0) is 27.4. The van der Waals surface area contributed by atoms with Crippen molar-refractivity contribution < 1.29 is 39.1 Å². The van der Waals surface area contributed by atoms with E-state index in [1.165, 1.54) is 10.8 Å². The molecule has 11 heteroatoms. The van der Waals surface area contributed by atoms with Gasteiger partial charge in [0.05, 0.1) is 0 Å². The van der Waals surface area contributed by atoms with E-state index in [2.05, 4.69) is 35.4 Å². The molecule has 0 saturated heterocycles. The van der Waals surface area contributed by atoms with Crippen molar-refractivity contribution in [3.05, 3.63) is 113 Å². The number of halogens is 8. The molecule has 0 amide bonds. The minimum atomic E-state index is -6.30. The second-order valence-corrected chi connectivity index (χ2v) is 10.5. The summed E-state index contributed by atoms with van der Waals surface area (Å²) in [6.45, 7) is -6.30. The van der Waals surface area contributed by atoms with Gasteiger partial charge in [0.25, 0.3) is 0 Å². The Morgan fingerprint density at radius 2 is 1.22 bits per heavy atom. The van der Waals surface area contributed by atoms with Gasteiger partial charge in [0.2, 0.25) is 0 Å². The van der Waals surface area contributed by atoms with Crippen LogP contribution in [-0.4, -0.2) is 13.2 Å². The van der Waals surface area contributed by atoms with Crippen LogP contribution in [0.15, 0.2) is 72.8 Å². The molecule has 0 fully saturated rings. The van der Waals surface area contributed by atoms with E-state index in [0.717, 1.165) is 11.1 Å². The van der Waals surface area contributed by atoms with Crippen LogP contribution in [0.1, 0.15) is 11.1 Å². The Kier molecular flexibility index (Phi) is 8.44. The van der Waals surface area contributed by atoms with E-state index in [0.29, 0.717) is 5.75 Å². The summed E-state index contributed by atoms with van der Waals surface area (Å²) in [5.41, 5.74) is -0.768. The summed E-state index contributed by atoms with van der Waals surface area (Å²) in [6, 6.07) is 24.1. The topological polar surface area (TPSA) is 17.1 Å². The van der Waals surface area contributed by atoms with Crippen molar-refractivity contribution in [1.82, 2.24) is 0 Å². The standard InChI is InChI=1S/C20H17OS.C6BF8/c1-22(21,14-13-17-7-3-2-4-8-17)16-18-11-12-19-9-5-6-10-20(19)15-18;8-2-1(7(13,14)15)3(9)5(11)6(12)4(2)10/h2-12,15H,16H2,1H3;/q+1;-1. The normalized spacial score (nSPS) is 12.7. The summed E-state index contributed by atoms with van der Waals surface area (Å²) in [7, 11) is -2.21. The molecule has 192 valence electrons. The Labute approximate surface area is 208 Å². The highest BCUT2D eigenvalue weighted by molar-refractivity contribution is 8.05. The summed E-state index contributed by atoms with van der Waals surface area (Å²) in [6.07, 6.45) is 1.73. The van der Waals surface area contributed by atoms with Gasteiger partial charge in [-0.15, -0.1) is 0 Å². The Bertz CT molecular complexity index is 1510. The zero-order valence-electron chi connectivity index (χ0n) is 19.1. The lowest BCUT2D eigenvalue weighted by molar-refractivity contribution is 0.377. The molecular formula is C26H17BF8OS. The van der Waals surface area contributed by atoms with Gasteiger partial charge in [0, 0.05) is 11.1 Å². The molecule has 0 N–H and O–H groups in total. The fourth-order valence-electron chi connectivity index (χ4n) is 3.28. The highest BCUT2D eigenvalue weighted by Gasteiger charge is 2.37.